The van der Waals surface area contributed by atoms with Crippen LogP contribution in [0.2, 0.25) is 0 Å². The maximum absolute atomic E-state index is 13.8. The normalized spacial score (nSPS) is 17.2. The Morgan fingerprint density at radius 2 is 2.17 bits per heavy atom. The lowest BCUT2D eigenvalue weighted by molar-refractivity contribution is 0.291. The Balaban J connectivity index is 1.69. The van der Waals surface area contributed by atoms with Crippen molar-refractivity contribution in [3.8, 4) is 5.88 Å². The Kier molecular flexibility index (Phi) is 3.73. The summed E-state index contributed by atoms with van der Waals surface area (Å²) < 4.78 is 19.6. The van der Waals surface area contributed by atoms with Gasteiger partial charge in [0, 0.05) is 10.4 Å². The van der Waals surface area contributed by atoms with Gasteiger partial charge in [0.25, 0.3) is 0 Å². The summed E-state index contributed by atoms with van der Waals surface area (Å²) in [5.74, 6) is 1.04. The molecule has 23 heavy (non-hydrogen) atoms. The second-order valence-electron chi connectivity index (χ2n) is 6.09. The molecule has 0 radical (unpaired) electrons. The molecule has 0 aliphatic heterocycles. The number of aromatic nitrogens is 2. The number of thiophene rings is 1. The summed E-state index contributed by atoms with van der Waals surface area (Å²) in [5, 5.41) is 1.02. The van der Waals surface area contributed by atoms with Gasteiger partial charge in [-0.3, -0.25) is 0 Å². The van der Waals surface area contributed by atoms with Crippen LogP contribution in [0.1, 0.15) is 29.3 Å². The largest absolute Gasteiger partial charge is 0.472 e. The van der Waals surface area contributed by atoms with Crippen molar-refractivity contribution in [1.82, 2.24) is 9.97 Å². The lowest BCUT2D eigenvalue weighted by Gasteiger charge is -2.18. The Morgan fingerprint density at radius 1 is 1.30 bits per heavy atom. The van der Waals surface area contributed by atoms with E-state index in [0.29, 0.717) is 17.4 Å². The Hall–Kier alpha value is -2.01. The number of hydrogen-bond donors (Lipinski definition) is 0. The van der Waals surface area contributed by atoms with Crippen molar-refractivity contribution in [1.29, 1.82) is 0 Å². The van der Waals surface area contributed by atoms with E-state index in [2.05, 4.69) is 16.9 Å². The van der Waals surface area contributed by atoms with Gasteiger partial charge < -0.3 is 4.74 Å². The highest BCUT2D eigenvalue weighted by Gasteiger charge is 2.23. The van der Waals surface area contributed by atoms with Gasteiger partial charge in [-0.2, -0.15) is 0 Å². The van der Waals surface area contributed by atoms with Crippen molar-refractivity contribution in [2.75, 3.05) is 0 Å². The third-order valence-electron chi connectivity index (χ3n) is 4.38. The van der Waals surface area contributed by atoms with E-state index >= 15 is 0 Å². The first-order valence-corrected chi connectivity index (χ1v) is 8.65. The summed E-state index contributed by atoms with van der Waals surface area (Å²) in [5.41, 5.74) is 1.87. The zero-order valence-corrected chi connectivity index (χ0v) is 13.7. The lowest BCUT2D eigenvalue weighted by atomic mass is 9.89. The van der Waals surface area contributed by atoms with Crippen molar-refractivity contribution in [2.45, 2.75) is 32.8 Å². The first kappa shape index (κ1) is 14.6. The van der Waals surface area contributed by atoms with E-state index in [1.807, 2.05) is 6.07 Å². The Labute approximate surface area is 138 Å². The summed E-state index contributed by atoms with van der Waals surface area (Å²) in [6.07, 6.45) is 4.86. The van der Waals surface area contributed by atoms with Gasteiger partial charge in [-0.1, -0.05) is 25.1 Å². The van der Waals surface area contributed by atoms with Crippen molar-refractivity contribution in [2.24, 2.45) is 5.92 Å². The number of aryl methyl sites for hydroxylation is 1. The van der Waals surface area contributed by atoms with Gasteiger partial charge in [0.2, 0.25) is 5.88 Å². The molecule has 1 aliphatic rings. The fraction of sp³-hybridized carbons (Fsp3) is 0.333. The summed E-state index contributed by atoms with van der Waals surface area (Å²) in [6, 6.07) is 6.67. The fourth-order valence-electron chi connectivity index (χ4n) is 3.12. The number of nitrogens with zero attached hydrogens (tertiary/aromatic N) is 2. The molecule has 4 rings (SSSR count). The average Bonchev–Trinajstić information content (AvgIpc) is 2.92. The van der Waals surface area contributed by atoms with Gasteiger partial charge in [-0.25, -0.2) is 14.4 Å². The number of fused-ring (bicyclic) bond motifs is 3. The molecule has 0 N–H and O–H groups in total. The summed E-state index contributed by atoms with van der Waals surface area (Å²) in [6.45, 7) is 2.47. The molecule has 0 unspecified atom stereocenters. The zero-order chi connectivity index (χ0) is 15.8. The van der Waals surface area contributed by atoms with E-state index in [1.54, 1.807) is 23.5 Å². The third-order valence-corrected chi connectivity index (χ3v) is 5.54. The number of halogens is 1. The summed E-state index contributed by atoms with van der Waals surface area (Å²) >= 11 is 1.74. The van der Waals surface area contributed by atoms with Crippen molar-refractivity contribution in [3.63, 3.8) is 0 Å². The minimum absolute atomic E-state index is 0.180. The first-order valence-electron chi connectivity index (χ1n) is 7.84. The number of benzene rings is 1. The highest BCUT2D eigenvalue weighted by molar-refractivity contribution is 7.18. The van der Waals surface area contributed by atoms with Crippen molar-refractivity contribution in [3.05, 3.63) is 52.4 Å². The molecule has 1 aromatic carbocycles. The smallest absolute Gasteiger partial charge is 0.225 e. The quantitative estimate of drug-likeness (QED) is 0.708. The molecule has 0 amide bonds. The van der Waals surface area contributed by atoms with Crippen LogP contribution in [0.15, 0.2) is 30.6 Å². The topological polar surface area (TPSA) is 35.0 Å². The second kappa shape index (κ2) is 5.89. The van der Waals surface area contributed by atoms with E-state index in [9.17, 15) is 4.39 Å². The van der Waals surface area contributed by atoms with Crippen molar-refractivity contribution < 1.29 is 9.13 Å². The molecule has 0 saturated heterocycles. The number of rotatable bonds is 3. The fourth-order valence-corrected chi connectivity index (χ4v) is 4.46. The summed E-state index contributed by atoms with van der Waals surface area (Å²) in [7, 11) is 0. The molecule has 2 heterocycles. The van der Waals surface area contributed by atoms with E-state index in [1.165, 1.54) is 29.3 Å². The van der Waals surface area contributed by atoms with Crippen LogP contribution in [0.4, 0.5) is 4.39 Å². The molecule has 1 aliphatic carbocycles. The van der Waals surface area contributed by atoms with Gasteiger partial charge in [-0.05, 0) is 36.8 Å². The molecule has 0 fully saturated rings. The minimum atomic E-state index is -0.251. The van der Waals surface area contributed by atoms with Gasteiger partial charge in [0.1, 0.15) is 23.6 Å². The van der Waals surface area contributed by atoms with E-state index in [4.69, 9.17) is 4.74 Å². The van der Waals surface area contributed by atoms with Crippen LogP contribution in [-0.4, -0.2) is 9.97 Å². The van der Waals surface area contributed by atoms with Crippen molar-refractivity contribution >= 4 is 21.6 Å². The molecule has 3 nitrogen and oxygen atoms in total. The van der Waals surface area contributed by atoms with Crippen LogP contribution in [0.25, 0.3) is 10.2 Å². The van der Waals surface area contributed by atoms with E-state index in [-0.39, 0.29) is 12.4 Å². The minimum Gasteiger partial charge on any atom is -0.472 e. The SMILES string of the molecule is C[C@@H]1CCc2c(sc3ncnc(OCc4ccccc4F)c23)C1. The summed E-state index contributed by atoms with van der Waals surface area (Å²) in [4.78, 5) is 11.1. The van der Waals surface area contributed by atoms with Gasteiger partial charge >= 0.3 is 0 Å². The zero-order valence-electron chi connectivity index (χ0n) is 12.9. The van der Waals surface area contributed by atoms with Crippen LogP contribution >= 0.6 is 11.3 Å². The lowest BCUT2D eigenvalue weighted by Crippen LogP contribution is -2.09. The molecule has 0 saturated carbocycles. The Morgan fingerprint density at radius 3 is 3.04 bits per heavy atom. The molecule has 1 atom stereocenters. The maximum atomic E-state index is 13.8. The van der Waals surface area contributed by atoms with E-state index in [0.717, 1.165) is 23.1 Å². The van der Waals surface area contributed by atoms with Crippen LogP contribution in [0, 0.1) is 11.7 Å². The highest BCUT2D eigenvalue weighted by atomic mass is 32.1. The molecule has 2 aromatic heterocycles. The third kappa shape index (κ3) is 2.70. The van der Waals surface area contributed by atoms with Gasteiger partial charge in [-0.15, -0.1) is 11.3 Å². The van der Waals surface area contributed by atoms with Gasteiger partial charge in [0.15, 0.2) is 0 Å². The molecule has 118 valence electrons. The number of hydrogen-bond acceptors (Lipinski definition) is 4. The van der Waals surface area contributed by atoms with Crippen LogP contribution in [0.3, 0.4) is 0 Å². The maximum Gasteiger partial charge on any atom is 0.225 e. The molecule has 3 aromatic rings. The first-order chi connectivity index (χ1) is 11.2. The molecular weight excluding hydrogens is 311 g/mol. The average molecular weight is 328 g/mol. The predicted octanol–water partition coefficient (Wildman–Crippen LogP) is 4.53. The number of ether oxygens (including phenoxy) is 1. The molecule has 0 spiro atoms. The highest BCUT2D eigenvalue weighted by Crippen LogP contribution is 2.40. The van der Waals surface area contributed by atoms with Gasteiger partial charge in [0.05, 0.1) is 5.39 Å². The van der Waals surface area contributed by atoms with Crippen LogP contribution in [-0.2, 0) is 19.4 Å². The predicted molar refractivity (Wildman–Crippen MR) is 89.3 cm³/mol. The van der Waals surface area contributed by atoms with Crippen LogP contribution < -0.4 is 4.74 Å². The Bertz CT molecular complexity index is 861. The second-order valence-corrected chi connectivity index (χ2v) is 7.17. The van der Waals surface area contributed by atoms with E-state index < -0.39 is 0 Å². The van der Waals surface area contributed by atoms with Crippen LogP contribution in [0.5, 0.6) is 5.88 Å². The molecular formula is C18H17FN2OS. The molecule has 0 bridgehead atoms. The monoisotopic (exact) mass is 328 g/mol. The standard InChI is InChI=1S/C18H17FN2OS/c1-11-6-7-13-15(8-11)23-18-16(13)17(20-10-21-18)22-9-12-4-2-3-5-14(12)19/h2-5,10-11H,6-9H2,1H3/t11-/m1/s1. The molecule has 5 heteroatoms.